The average molecular weight is 493 g/mol. The summed E-state index contributed by atoms with van der Waals surface area (Å²) < 4.78 is 46.2. The Hall–Kier alpha value is -1.00. The number of nitrogens with one attached hydrogen (secondary N) is 1. The van der Waals surface area contributed by atoms with E-state index in [2.05, 4.69) is 10.2 Å². The molecule has 0 spiro atoms. The number of benzene rings is 1. The first-order valence-corrected chi connectivity index (χ1v) is 10.4. The van der Waals surface area contributed by atoms with Crippen molar-refractivity contribution < 1.29 is 17.9 Å². The quantitative estimate of drug-likeness (QED) is 0.638. The number of ether oxygens (including phenoxy) is 1. The van der Waals surface area contributed by atoms with Crippen LogP contribution in [0.15, 0.2) is 24.3 Å². The second-order valence-corrected chi connectivity index (χ2v) is 8.48. The maximum atomic E-state index is 12.9. The highest BCUT2D eigenvalue weighted by Gasteiger charge is 2.30. The van der Waals surface area contributed by atoms with Gasteiger partial charge in [-0.3, -0.25) is 4.90 Å². The summed E-state index contributed by atoms with van der Waals surface area (Å²) in [5.41, 5.74) is 1.55. The van der Waals surface area contributed by atoms with Gasteiger partial charge in [0, 0.05) is 42.9 Å². The Morgan fingerprint density at radius 2 is 1.96 bits per heavy atom. The lowest BCUT2D eigenvalue weighted by molar-refractivity contribution is -0.140. The molecule has 148 valence electrons. The zero-order chi connectivity index (χ0) is 19.0. The first-order chi connectivity index (χ1) is 12.9. The Bertz CT molecular complexity index is 793. The molecule has 0 saturated carbocycles. The number of hydrogen-bond donors (Lipinski definition) is 1. The van der Waals surface area contributed by atoms with Crippen LogP contribution in [0.25, 0.3) is 10.9 Å². The lowest BCUT2D eigenvalue weighted by Gasteiger charge is -2.36. The molecule has 1 unspecified atom stereocenters. The highest BCUT2D eigenvalue weighted by Crippen LogP contribution is 2.32. The summed E-state index contributed by atoms with van der Waals surface area (Å²) in [5.74, 6) is 0. The standard InChI is InChI=1S/C19H23F3IN3O/c20-19(21,22)12-26-17-3-1-2-16(15(17)10-18(26)23)24-13-4-7-25(8-5-13)14-6-9-27-11-14/h1-3,10,13-14,24H,4-9,11-12H2. The lowest BCUT2D eigenvalue weighted by Crippen LogP contribution is -2.44. The Morgan fingerprint density at radius 3 is 2.63 bits per heavy atom. The van der Waals surface area contributed by atoms with Gasteiger partial charge in [-0.1, -0.05) is 6.07 Å². The van der Waals surface area contributed by atoms with E-state index in [-0.39, 0.29) is 0 Å². The van der Waals surface area contributed by atoms with Crippen molar-refractivity contribution in [2.24, 2.45) is 0 Å². The van der Waals surface area contributed by atoms with Gasteiger partial charge < -0.3 is 14.6 Å². The Morgan fingerprint density at radius 1 is 1.19 bits per heavy atom. The van der Waals surface area contributed by atoms with Crippen LogP contribution in [0.3, 0.4) is 0 Å². The molecule has 1 aromatic heterocycles. The van der Waals surface area contributed by atoms with Crippen molar-refractivity contribution in [2.45, 2.75) is 44.1 Å². The number of halogens is 4. The molecule has 27 heavy (non-hydrogen) atoms. The molecule has 4 nitrogen and oxygen atoms in total. The van der Waals surface area contributed by atoms with Gasteiger partial charge >= 0.3 is 6.18 Å². The molecule has 2 aliphatic rings. The van der Waals surface area contributed by atoms with E-state index in [9.17, 15) is 13.2 Å². The van der Waals surface area contributed by atoms with Crippen LogP contribution in [0.5, 0.6) is 0 Å². The van der Waals surface area contributed by atoms with E-state index in [0.29, 0.717) is 21.3 Å². The van der Waals surface area contributed by atoms with Crippen molar-refractivity contribution in [3.05, 3.63) is 28.0 Å². The summed E-state index contributed by atoms with van der Waals surface area (Å²) in [4.78, 5) is 2.51. The lowest BCUT2D eigenvalue weighted by atomic mass is 10.0. The number of piperidine rings is 1. The number of alkyl halides is 3. The summed E-state index contributed by atoms with van der Waals surface area (Å²) in [7, 11) is 0. The van der Waals surface area contributed by atoms with Crippen molar-refractivity contribution >= 4 is 39.2 Å². The smallest absolute Gasteiger partial charge is 0.382 e. The van der Waals surface area contributed by atoms with Crippen molar-refractivity contribution in [2.75, 3.05) is 31.6 Å². The summed E-state index contributed by atoms with van der Waals surface area (Å²) in [6, 6.07) is 8.29. The molecule has 0 bridgehead atoms. The minimum absolute atomic E-state index is 0.345. The molecular weight excluding hydrogens is 470 g/mol. The highest BCUT2D eigenvalue weighted by molar-refractivity contribution is 14.1. The van der Waals surface area contributed by atoms with E-state index in [1.54, 1.807) is 6.07 Å². The van der Waals surface area contributed by atoms with E-state index in [1.807, 2.05) is 40.8 Å². The zero-order valence-electron chi connectivity index (χ0n) is 14.9. The van der Waals surface area contributed by atoms with E-state index in [4.69, 9.17) is 4.74 Å². The van der Waals surface area contributed by atoms with Gasteiger partial charge in [0.05, 0.1) is 15.8 Å². The van der Waals surface area contributed by atoms with Gasteiger partial charge in [0.1, 0.15) is 6.54 Å². The first kappa shape index (κ1) is 19.3. The summed E-state index contributed by atoms with van der Waals surface area (Å²) in [6.45, 7) is 2.81. The Balaban J connectivity index is 1.47. The van der Waals surface area contributed by atoms with Gasteiger partial charge in [-0.05, 0) is 60.1 Å². The third-order valence-electron chi connectivity index (χ3n) is 5.54. The van der Waals surface area contributed by atoms with Gasteiger partial charge in [-0.2, -0.15) is 13.2 Å². The van der Waals surface area contributed by atoms with Crippen molar-refractivity contribution in [1.82, 2.24) is 9.47 Å². The minimum Gasteiger partial charge on any atom is -0.382 e. The predicted octanol–water partition coefficient (Wildman–Crippen LogP) is 4.47. The molecule has 2 fully saturated rings. The van der Waals surface area contributed by atoms with Crippen molar-refractivity contribution in [1.29, 1.82) is 0 Å². The number of hydrogen-bond acceptors (Lipinski definition) is 3. The second kappa shape index (κ2) is 7.79. The molecule has 0 radical (unpaired) electrons. The Labute approximate surface area is 170 Å². The van der Waals surface area contributed by atoms with Gasteiger partial charge in [-0.25, -0.2) is 0 Å². The van der Waals surface area contributed by atoms with Crippen LogP contribution in [-0.4, -0.2) is 54.0 Å². The molecule has 4 rings (SSSR count). The molecule has 8 heteroatoms. The number of rotatable bonds is 4. The maximum absolute atomic E-state index is 12.9. The molecule has 1 aromatic carbocycles. The fraction of sp³-hybridized carbons (Fsp3) is 0.579. The molecule has 2 aliphatic heterocycles. The first-order valence-electron chi connectivity index (χ1n) is 9.33. The topological polar surface area (TPSA) is 29.4 Å². The van der Waals surface area contributed by atoms with Crippen LogP contribution < -0.4 is 5.32 Å². The van der Waals surface area contributed by atoms with Gasteiger partial charge in [0.15, 0.2) is 0 Å². The van der Waals surface area contributed by atoms with Gasteiger partial charge in [-0.15, -0.1) is 0 Å². The number of fused-ring (bicyclic) bond motifs is 1. The van der Waals surface area contributed by atoms with Gasteiger partial charge in [0.2, 0.25) is 0 Å². The van der Waals surface area contributed by atoms with Crippen LogP contribution >= 0.6 is 22.6 Å². The van der Waals surface area contributed by atoms with Crippen LogP contribution in [0.1, 0.15) is 19.3 Å². The molecule has 2 saturated heterocycles. The third kappa shape index (κ3) is 4.37. The number of aromatic nitrogens is 1. The van der Waals surface area contributed by atoms with Crippen molar-refractivity contribution in [3.63, 3.8) is 0 Å². The normalized spacial score (nSPS) is 22.6. The molecule has 3 heterocycles. The van der Waals surface area contributed by atoms with Crippen LogP contribution in [0.2, 0.25) is 0 Å². The maximum Gasteiger partial charge on any atom is 0.406 e. The van der Waals surface area contributed by atoms with Crippen LogP contribution in [0, 0.1) is 3.70 Å². The SMILES string of the molecule is FC(F)(F)Cn1c(I)cc2c(NC3CCN(C4CCOC4)CC3)cccc21. The van der Waals surface area contributed by atoms with E-state index in [0.717, 1.165) is 56.6 Å². The summed E-state index contributed by atoms with van der Waals surface area (Å²) >= 11 is 1.98. The molecular formula is C19H23F3IN3O. The van der Waals surface area contributed by atoms with E-state index < -0.39 is 12.7 Å². The van der Waals surface area contributed by atoms with Crippen LogP contribution in [-0.2, 0) is 11.3 Å². The fourth-order valence-corrected chi connectivity index (χ4v) is 4.90. The molecule has 2 aromatic rings. The number of nitrogens with zero attached hydrogens (tertiary/aromatic N) is 2. The van der Waals surface area contributed by atoms with Crippen LogP contribution in [0.4, 0.5) is 18.9 Å². The Kier molecular flexibility index (Phi) is 5.57. The molecule has 0 aliphatic carbocycles. The zero-order valence-corrected chi connectivity index (χ0v) is 17.1. The number of anilines is 1. The van der Waals surface area contributed by atoms with Gasteiger partial charge in [0.25, 0.3) is 0 Å². The molecule has 1 atom stereocenters. The molecule has 0 amide bonds. The van der Waals surface area contributed by atoms with E-state index >= 15 is 0 Å². The fourth-order valence-electron chi connectivity index (χ4n) is 4.16. The number of likely N-dealkylation sites (tertiary alicyclic amines) is 1. The monoisotopic (exact) mass is 493 g/mol. The second-order valence-electron chi connectivity index (χ2n) is 7.38. The predicted molar refractivity (Wildman–Crippen MR) is 108 cm³/mol. The summed E-state index contributed by atoms with van der Waals surface area (Å²) in [6.07, 6.45) is -1.05. The summed E-state index contributed by atoms with van der Waals surface area (Å²) in [5, 5.41) is 4.44. The highest BCUT2D eigenvalue weighted by atomic mass is 127. The largest absolute Gasteiger partial charge is 0.406 e. The molecule has 1 N–H and O–H groups in total. The van der Waals surface area contributed by atoms with E-state index in [1.165, 1.54) is 4.57 Å². The van der Waals surface area contributed by atoms with Crippen molar-refractivity contribution in [3.8, 4) is 0 Å². The average Bonchev–Trinajstić information content (AvgIpc) is 3.25. The third-order valence-corrected chi connectivity index (χ3v) is 6.44. The minimum atomic E-state index is -4.23.